The molecule has 22 heavy (non-hydrogen) atoms. The van der Waals surface area contributed by atoms with Crippen LogP contribution in [0.3, 0.4) is 0 Å². The number of nitrogens with zero attached hydrogens (tertiary/aromatic N) is 2. The summed E-state index contributed by atoms with van der Waals surface area (Å²) in [6.45, 7) is 5.19. The smallest absolute Gasteiger partial charge is 0.119 e. The molecule has 2 heterocycles. The lowest BCUT2D eigenvalue weighted by Gasteiger charge is -2.50. The first-order valence-corrected chi connectivity index (χ1v) is 8.09. The van der Waals surface area contributed by atoms with Crippen molar-refractivity contribution in [2.45, 2.75) is 39.5 Å². The quantitative estimate of drug-likeness (QED) is 0.853. The Bertz CT molecular complexity index is 720. The van der Waals surface area contributed by atoms with Crippen LogP contribution in [0.25, 0.3) is 0 Å². The molecule has 1 aliphatic heterocycles. The zero-order chi connectivity index (χ0) is 15.3. The van der Waals surface area contributed by atoms with Gasteiger partial charge in [-0.15, -0.1) is 0 Å². The third-order valence-electron chi connectivity index (χ3n) is 5.62. The minimum absolute atomic E-state index is 0.386. The molecule has 3 nitrogen and oxygen atoms in total. The van der Waals surface area contributed by atoms with Crippen LogP contribution in [-0.4, -0.2) is 16.6 Å². The topological polar surface area (TPSA) is 36.4 Å². The second-order valence-electron chi connectivity index (χ2n) is 6.98. The van der Waals surface area contributed by atoms with Gasteiger partial charge in [0.1, 0.15) is 5.75 Å². The standard InChI is InChI=1S/C19H22N2O/c1-13-14(2)18-15(9-17(13)22)10-19(6-4-7-19)12-21(18)16-5-3-8-20-11-16/h3,5,8-9,11,22H,4,6-7,10,12H2,1-2H3. The first-order valence-electron chi connectivity index (χ1n) is 8.09. The molecule has 4 rings (SSSR count). The summed E-state index contributed by atoms with van der Waals surface area (Å²) < 4.78 is 0. The van der Waals surface area contributed by atoms with Crippen LogP contribution >= 0.6 is 0 Å². The van der Waals surface area contributed by atoms with E-state index in [1.165, 1.54) is 36.1 Å². The van der Waals surface area contributed by atoms with Crippen molar-refractivity contribution >= 4 is 11.4 Å². The predicted molar refractivity (Wildman–Crippen MR) is 88.8 cm³/mol. The van der Waals surface area contributed by atoms with E-state index in [9.17, 15) is 5.11 Å². The second-order valence-corrected chi connectivity index (χ2v) is 6.98. The molecule has 0 unspecified atom stereocenters. The molecule has 0 radical (unpaired) electrons. The van der Waals surface area contributed by atoms with Gasteiger partial charge in [0, 0.05) is 18.4 Å². The van der Waals surface area contributed by atoms with E-state index >= 15 is 0 Å². The van der Waals surface area contributed by atoms with E-state index in [4.69, 9.17) is 0 Å². The summed E-state index contributed by atoms with van der Waals surface area (Å²) in [6, 6.07) is 6.12. The minimum atomic E-state index is 0.386. The highest BCUT2D eigenvalue weighted by molar-refractivity contribution is 5.74. The Morgan fingerprint density at radius 3 is 2.68 bits per heavy atom. The minimum Gasteiger partial charge on any atom is -0.508 e. The average molecular weight is 294 g/mol. The van der Waals surface area contributed by atoms with Gasteiger partial charge in [0.15, 0.2) is 0 Å². The normalized spacial score (nSPS) is 18.9. The molecule has 1 fully saturated rings. The summed E-state index contributed by atoms with van der Waals surface area (Å²) in [6.07, 6.45) is 8.76. The molecule has 0 saturated heterocycles. The van der Waals surface area contributed by atoms with Crippen LogP contribution in [0, 0.1) is 19.3 Å². The molecule has 0 atom stereocenters. The van der Waals surface area contributed by atoms with Crippen molar-refractivity contribution in [3.63, 3.8) is 0 Å². The van der Waals surface area contributed by atoms with Crippen LogP contribution in [0.5, 0.6) is 5.75 Å². The van der Waals surface area contributed by atoms with Gasteiger partial charge in [-0.2, -0.15) is 0 Å². The summed E-state index contributed by atoms with van der Waals surface area (Å²) in [4.78, 5) is 6.73. The number of benzene rings is 1. The Morgan fingerprint density at radius 1 is 1.23 bits per heavy atom. The molecule has 1 spiro atoms. The number of phenolic OH excluding ortho intramolecular Hbond substituents is 1. The molecule has 1 aromatic carbocycles. The van der Waals surface area contributed by atoms with Crippen LogP contribution in [0.15, 0.2) is 30.6 Å². The molecule has 114 valence electrons. The number of hydrogen-bond donors (Lipinski definition) is 1. The van der Waals surface area contributed by atoms with Gasteiger partial charge < -0.3 is 10.0 Å². The molecule has 0 bridgehead atoms. The summed E-state index contributed by atoms with van der Waals surface area (Å²) in [5, 5.41) is 10.2. The number of aromatic nitrogens is 1. The molecule has 0 amide bonds. The lowest BCUT2D eigenvalue weighted by molar-refractivity contribution is 0.138. The van der Waals surface area contributed by atoms with Crippen molar-refractivity contribution in [1.29, 1.82) is 0 Å². The summed E-state index contributed by atoms with van der Waals surface area (Å²) in [5.74, 6) is 0.429. The van der Waals surface area contributed by atoms with Crippen LogP contribution in [0.2, 0.25) is 0 Å². The van der Waals surface area contributed by atoms with Gasteiger partial charge in [0.05, 0.1) is 11.9 Å². The lowest BCUT2D eigenvalue weighted by atomic mass is 9.63. The number of pyridine rings is 1. The van der Waals surface area contributed by atoms with Crippen molar-refractivity contribution in [3.8, 4) is 5.75 Å². The van der Waals surface area contributed by atoms with E-state index in [0.717, 1.165) is 24.2 Å². The van der Waals surface area contributed by atoms with E-state index in [1.54, 1.807) is 0 Å². The molecule has 2 aliphatic rings. The van der Waals surface area contributed by atoms with E-state index in [2.05, 4.69) is 22.9 Å². The lowest BCUT2D eigenvalue weighted by Crippen LogP contribution is -2.46. The Balaban J connectivity index is 1.90. The zero-order valence-electron chi connectivity index (χ0n) is 13.3. The van der Waals surface area contributed by atoms with Gasteiger partial charge in [-0.1, -0.05) is 6.42 Å². The Hall–Kier alpha value is -2.03. The summed E-state index contributed by atoms with van der Waals surface area (Å²) in [7, 11) is 0. The van der Waals surface area contributed by atoms with Gasteiger partial charge in [0.25, 0.3) is 0 Å². The maximum atomic E-state index is 10.2. The van der Waals surface area contributed by atoms with Gasteiger partial charge in [-0.05, 0) is 73.4 Å². The van der Waals surface area contributed by atoms with Crippen LogP contribution in [-0.2, 0) is 6.42 Å². The largest absolute Gasteiger partial charge is 0.508 e. The molecule has 1 N–H and O–H groups in total. The highest BCUT2D eigenvalue weighted by Gasteiger charge is 2.43. The molecule has 1 saturated carbocycles. The molecule has 1 aromatic heterocycles. The van der Waals surface area contributed by atoms with Gasteiger partial charge in [-0.25, -0.2) is 0 Å². The summed E-state index contributed by atoms with van der Waals surface area (Å²) in [5.41, 5.74) is 6.28. The molecule has 1 aliphatic carbocycles. The number of fused-ring (bicyclic) bond motifs is 1. The van der Waals surface area contributed by atoms with E-state index in [1.807, 2.05) is 31.5 Å². The van der Waals surface area contributed by atoms with E-state index in [0.29, 0.717) is 11.2 Å². The van der Waals surface area contributed by atoms with Crippen molar-refractivity contribution in [1.82, 2.24) is 4.98 Å². The van der Waals surface area contributed by atoms with E-state index < -0.39 is 0 Å². The van der Waals surface area contributed by atoms with Crippen molar-refractivity contribution in [3.05, 3.63) is 47.3 Å². The number of anilines is 2. The Morgan fingerprint density at radius 2 is 2.05 bits per heavy atom. The highest BCUT2D eigenvalue weighted by atomic mass is 16.3. The SMILES string of the molecule is Cc1c(O)cc2c(c1C)N(c1cccnc1)CC1(CCC1)C2. The fraction of sp³-hybridized carbons (Fsp3) is 0.421. The Kier molecular flexibility index (Phi) is 2.93. The maximum absolute atomic E-state index is 10.2. The van der Waals surface area contributed by atoms with Gasteiger partial charge in [0.2, 0.25) is 0 Å². The van der Waals surface area contributed by atoms with Crippen LogP contribution in [0.1, 0.15) is 36.0 Å². The average Bonchev–Trinajstić information content (AvgIpc) is 2.51. The monoisotopic (exact) mass is 294 g/mol. The number of rotatable bonds is 1. The van der Waals surface area contributed by atoms with Gasteiger partial charge >= 0.3 is 0 Å². The third-order valence-corrected chi connectivity index (χ3v) is 5.62. The number of hydrogen-bond acceptors (Lipinski definition) is 3. The van der Waals surface area contributed by atoms with Crippen molar-refractivity contribution in [2.75, 3.05) is 11.4 Å². The Labute approximate surface area is 131 Å². The zero-order valence-corrected chi connectivity index (χ0v) is 13.3. The molecule has 3 heteroatoms. The fourth-order valence-electron chi connectivity index (χ4n) is 4.08. The second kappa shape index (κ2) is 4.73. The number of phenols is 1. The third kappa shape index (κ3) is 1.92. The molecular formula is C19H22N2O. The van der Waals surface area contributed by atoms with Crippen LogP contribution in [0.4, 0.5) is 11.4 Å². The first-order chi connectivity index (χ1) is 10.6. The van der Waals surface area contributed by atoms with Gasteiger partial charge in [-0.3, -0.25) is 4.98 Å². The maximum Gasteiger partial charge on any atom is 0.119 e. The van der Waals surface area contributed by atoms with Crippen molar-refractivity contribution < 1.29 is 5.11 Å². The number of aromatic hydroxyl groups is 1. The van der Waals surface area contributed by atoms with E-state index in [-0.39, 0.29) is 0 Å². The molecule has 2 aromatic rings. The summed E-state index contributed by atoms with van der Waals surface area (Å²) >= 11 is 0. The van der Waals surface area contributed by atoms with Crippen LogP contribution < -0.4 is 4.90 Å². The highest BCUT2D eigenvalue weighted by Crippen LogP contribution is 2.52. The molecular weight excluding hydrogens is 272 g/mol. The predicted octanol–water partition coefficient (Wildman–Crippen LogP) is 4.27. The van der Waals surface area contributed by atoms with Crippen molar-refractivity contribution in [2.24, 2.45) is 5.41 Å². The fourth-order valence-corrected chi connectivity index (χ4v) is 4.08. The first kappa shape index (κ1) is 13.6.